The van der Waals surface area contributed by atoms with Gasteiger partial charge in [0.1, 0.15) is 0 Å². The van der Waals surface area contributed by atoms with Crippen LogP contribution in [0.5, 0.6) is 0 Å². The molecule has 1 saturated carbocycles. The minimum Gasteiger partial charge on any atom is -0.314 e. The lowest BCUT2D eigenvalue weighted by Gasteiger charge is -2.23. The van der Waals surface area contributed by atoms with Crippen molar-refractivity contribution in [1.29, 1.82) is 0 Å². The van der Waals surface area contributed by atoms with Gasteiger partial charge in [0.2, 0.25) is 10.0 Å². The first-order valence-corrected chi connectivity index (χ1v) is 9.32. The van der Waals surface area contributed by atoms with Crippen LogP contribution in [0.1, 0.15) is 39.5 Å². The lowest BCUT2D eigenvalue weighted by molar-refractivity contribution is 0.329. The van der Waals surface area contributed by atoms with Crippen LogP contribution in [0.15, 0.2) is 0 Å². The molecular formula is C14H31N3O2S. The summed E-state index contributed by atoms with van der Waals surface area (Å²) < 4.78 is 27.1. The van der Waals surface area contributed by atoms with Crippen LogP contribution in [0, 0.1) is 5.92 Å². The Morgan fingerprint density at radius 1 is 1.25 bits per heavy atom. The van der Waals surface area contributed by atoms with Gasteiger partial charge < -0.3 is 10.2 Å². The number of nitrogens with one attached hydrogen (secondary N) is 2. The average molecular weight is 305 g/mol. The van der Waals surface area contributed by atoms with Crippen molar-refractivity contribution in [3.63, 3.8) is 0 Å². The Morgan fingerprint density at radius 3 is 2.40 bits per heavy atom. The van der Waals surface area contributed by atoms with Gasteiger partial charge in [0.15, 0.2) is 0 Å². The van der Waals surface area contributed by atoms with Gasteiger partial charge in [0, 0.05) is 18.6 Å². The molecule has 1 atom stereocenters. The highest BCUT2D eigenvalue weighted by Crippen LogP contribution is 2.18. The zero-order chi connectivity index (χ0) is 15.2. The van der Waals surface area contributed by atoms with Gasteiger partial charge in [-0.15, -0.1) is 0 Å². The maximum absolute atomic E-state index is 12.1. The molecule has 0 aliphatic heterocycles. The van der Waals surface area contributed by atoms with Crippen LogP contribution in [-0.2, 0) is 10.0 Å². The van der Waals surface area contributed by atoms with Gasteiger partial charge in [-0.2, -0.15) is 0 Å². The zero-order valence-electron chi connectivity index (χ0n) is 13.4. The third-order valence-electron chi connectivity index (χ3n) is 3.29. The molecule has 0 amide bonds. The van der Waals surface area contributed by atoms with Crippen LogP contribution >= 0.6 is 0 Å². The topological polar surface area (TPSA) is 61.4 Å². The Morgan fingerprint density at radius 2 is 1.90 bits per heavy atom. The fourth-order valence-corrected chi connectivity index (χ4v) is 3.66. The smallest absolute Gasteiger partial charge is 0.211 e. The molecule has 0 saturated heterocycles. The second-order valence-corrected chi connectivity index (χ2v) is 8.48. The minimum absolute atomic E-state index is 0.00592. The minimum atomic E-state index is -3.17. The number of hydrogen-bond acceptors (Lipinski definition) is 4. The highest BCUT2D eigenvalue weighted by molar-refractivity contribution is 7.89. The van der Waals surface area contributed by atoms with Crippen molar-refractivity contribution in [1.82, 2.24) is 14.9 Å². The Kier molecular flexibility index (Phi) is 7.43. The molecule has 1 aliphatic carbocycles. The Labute approximate surface area is 124 Å². The summed E-state index contributed by atoms with van der Waals surface area (Å²) in [6, 6.07) is 0.652. The number of hydrogen-bond donors (Lipinski definition) is 2. The maximum Gasteiger partial charge on any atom is 0.211 e. The highest BCUT2D eigenvalue weighted by Gasteiger charge is 2.21. The molecule has 0 radical (unpaired) electrons. The van der Waals surface area contributed by atoms with Crippen LogP contribution < -0.4 is 10.0 Å². The summed E-state index contributed by atoms with van der Waals surface area (Å²) >= 11 is 0. The van der Waals surface area contributed by atoms with E-state index in [-0.39, 0.29) is 11.8 Å². The molecule has 1 aliphatic rings. The third kappa shape index (κ3) is 8.89. The molecule has 1 rings (SSSR count). The largest absolute Gasteiger partial charge is 0.314 e. The van der Waals surface area contributed by atoms with Crippen molar-refractivity contribution in [2.75, 3.05) is 32.9 Å². The molecule has 1 unspecified atom stereocenters. The molecule has 120 valence electrons. The van der Waals surface area contributed by atoms with Crippen LogP contribution in [0.4, 0.5) is 0 Å². The number of likely N-dealkylation sites (N-methyl/N-ethyl adjacent to an activating group) is 1. The quantitative estimate of drug-likeness (QED) is 0.560. The van der Waals surface area contributed by atoms with Gasteiger partial charge in [-0.1, -0.05) is 13.8 Å². The monoisotopic (exact) mass is 305 g/mol. The summed E-state index contributed by atoms with van der Waals surface area (Å²) in [4.78, 5) is 2.03. The van der Waals surface area contributed by atoms with Crippen molar-refractivity contribution >= 4 is 10.0 Å². The summed E-state index contributed by atoms with van der Waals surface area (Å²) in [5.74, 6) is 0.702. The lowest BCUT2D eigenvalue weighted by atomic mass is 10.0. The molecular weight excluding hydrogens is 274 g/mol. The van der Waals surface area contributed by atoms with E-state index in [0.717, 1.165) is 19.5 Å². The van der Waals surface area contributed by atoms with Crippen molar-refractivity contribution < 1.29 is 8.42 Å². The van der Waals surface area contributed by atoms with E-state index in [2.05, 4.69) is 23.9 Å². The lowest BCUT2D eigenvalue weighted by Crippen LogP contribution is -2.43. The summed E-state index contributed by atoms with van der Waals surface area (Å²) in [6.07, 6.45) is 4.04. The molecule has 0 bridgehead atoms. The molecule has 5 nitrogen and oxygen atoms in total. The Balaban J connectivity index is 2.33. The fraction of sp³-hybridized carbons (Fsp3) is 1.00. The Hall–Kier alpha value is -0.170. The SMILES string of the molecule is CC(C)CC(CN(C)C)NS(=O)(=O)CCCNC1CC1. The van der Waals surface area contributed by atoms with Gasteiger partial charge in [-0.25, -0.2) is 13.1 Å². The first-order valence-electron chi connectivity index (χ1n) is 7.66. The summed E-state index contributed by atoms with van der Waals surface area (Å²) in [5, 5.41) is 3.35. The second kappa shape index (κ2) is 8.32. The van der Waals surface area contributed by atoms with Crippen LogP contribution in [0.3, 0.4) is 0 Å². The van der Waals surface area contributed by atoms with Crippen molar-refractivity contribution in [3.05, 3.63) is 0 Å². The third-order valence-corrected chi connectivity index (χ3v) is 4.81. The fourth-order valence-electron chi connectivity index (χ4n) is 2.34. The highest BCUT2D eigenvalue weighted by atomic mass is 32.2. The standard InChI is InChI=1S/C14H31N3O2S/c1-12(2)10-14(11-17(3)4)16-20(18,19)9-5-8-15-13-6-7-13/h12-16H,5-11H2,1-4H3. The predicted octanol–water partition coefficient (Wildman–Crippen LogP) is 1.02. The van der Waals surface area contributed by atoms with Gasteiger partial charge in [-0.05, 0) is 52.2 Å². The first-order chi connectivity index (χ1) is 9.28. The van der Waals surface area contributed by atoms with E-state index in [1.165, 1.54) is 12.8 Å². The van der Waals surface area contributed by atoms with Crippen LogP contribution in [-0.4, -0.2) is 58.3 Å². The molecule has 0 aromatic rings. The zero-order valence-corrected chi connectivity index (χ0v) is 14.2. The molecule has 20 heavy (non-hydrogen) atoms. The molecule has 6 heteroatoms. The molecule has 0 aromatic carbocycles. The molecule has 0 aromatic heterocycles. The molecule has 1 fully saturated rings. The summed E-state index contributed by atoms with van der Waals surface area (Å²) in [6.45, 7) is 5.79. The molecule has 0 spiro atoms. The van der Waals surface area contributed by atoms with Crippen molar-refractivity contribution in [2.24, 2.45) is 5.92 Å². The first kappa shape index (κ1) is 17.9. The normalized spacial score (nSPS) is 17.9. The van der Waals surface area contributed by atoms with Crippen LogP contribution in [0.2, 0.25) is 0 Å². The van der Waals surface area contributed by atoms with E-state index < -0.39 is 10.0 Å². The maximum atomic E-state index is 12.1. The number of nitrogens with zero attached hydrogens (tertiary/aromatic N) is 1. The van der Waals surface area contributed by atoms with Crippen molar-refractivity contribution in [3.8, 4) is 0 Å². The number of rotatable bonds is 11. The summed E-state index contributed by atoms with van der Waals surface area (Å²) in [7, 11) is 0.781. The summed E-state index contributed by atoms with van der Waals surface area (Å²) in [5.41, 5.74) is 0. The van der Waals surface area contributed by atoms with Crippen molar-refractivity contribution in [2.45, 2.75) is 51.6 Å². The van der Waals surface area contributed by atoms with E-state index in [4.69, 9.17) is 0 Å². The van der Waals surface area contributed by atoms with Gasteiger partial charge in [0.25, 0.3) is 0 Å². The van der Waals surface area contributed by atoms with E-state index in [1.54, 1.807) is 0 Å². The van der Waals surface area contributed by atoms with E-state index >= 15 is 0 Å². The average Bonchev–Trinajstić information content (AvgIpc) is 3.05. The van der Waals surface area contributed by atoms with Crippen LogP contribution in [0.25, 0.3) is 0 Å². The molecule has 2 N–H and O–H groups in total. The van der Waals surface area contributed by atoms with Gasteiger partial charge >= 0.3 is 0 Å². The van der Waals surface area contributed by atoms with E-state index in [9.17, 15) is 8.42 Å². The Bertz CT molecular complexity index is 355. The number of sulfonamides is 1. The van der Waals surface area contributed by atoms with E-state index in [0.29, 0.717) is 18.4 Å². The van der Waals surface area contributed by atoms with Gasteiger partial charge in [-0.3, -0.25) is 0 Å². The predicted molar refractivity (Wildman–Crippen MR) is 84.4 cm³/mol. The second-order valence-electron chi connectivity index (χ2n) is 6.61. The molecule has 0 heterocycles. The van der Waals surface area contributed by atoms with Gasteiger partial charge in [0.05, 0.1) is 5.75 Å². The van der Waals surface area contributed by atoms with E-state index in [1.807, 2.05) is 19.0 Å².